The van der Waals surface area contributed by atoms with Gasteiger partial charge in [0, 0.05) is 19.4 Å². The zero-order valence-corrected chi connectivity index (χ0v) is 24.3. The van der Waals surface area contributed by atoms with E-state index in [1.54, 1.807) is 0 Å². The first-order valence-electron chi connectivity index (χ1n) is 14.2. The van der Waals surface area contributed by atoms with E-state index in [1.165, 1.54) is 116 Å². The lowest BCUT2D eigenvalue weighted by Crippen LogP contribution is -3.00. The molecule has 33 heavy (non-hydrogen) atoms. The van der Waals surface area contributed by atoms with Crippen LogP contribution in [0, 0.1) is 0 Å². The Kier molecular flexibility index (Phi) is 28.5. The Morgan fingerprint density at radius 2 is 1.06 bits per heavy atom. The minimum atomic E-state index is 0. The van der Waals surface area contributed by atoms with E-state index in [0.717, 1.165) is 36.2 Å². The zero-order valence-electron chi connectivity index (χ0n) is 22.7. The van der Waals surface area contributed by atoms with Gasteiger partial charge in [0.25, 0.3) is 0 Å². The first kappa shape index (κ1) is 35.2. The summed E-state index contributed by atoms with van der Waals surface area (Å²) in [5.41, 5.74) is 0. The van der Waals surface area contributed by atoms with E-state index in [2.05, 4.69) is 39.0 Å². The topological polar surface area (TPSA) is 29.1 Å². The van der Waals surface area contributed by atoms with E-state index in [-0.39, 0.29) is 18.3 Å². The molecule has 1 amide bonds. The fraction of sp³-hybridized carbons (Fsp3) is 0.964. The maximum absolute atomic E-state index is 12.0. The van der Waals surface area contributed by atoms with Crippen molar-refractivity contribution in [1.29, 1.82) is 0 Å². The van der Waals surface area contributed by atoms with Gasteiger partial charge in [-0.1, -0.05) is 96.8 Å². The number of carbonyl (C=O) groups excluding carboxylic acids is 1. The summed E-state index contributed by atoms with van der Waals surface area (Å²) in [4.78, 5) is 12.0. The third-order valence-corrected chi connectivity index (χ3v) is 7.01. The summed E-state index contributed by atoms with van der Waals surface area (Å²) in [6.45, 7) is 5.54. The van der Waals surface area contributed by atoms with E-state index in [1.807, 2.05) is 0 Å². The second kappa shape index (κ2) is 26.7. The number of halogens is 1. The van der Waals surface area contributed by atoms with Crippen molar-refractivity contribution in [1.82, 2.24) is 5.32 Å². The van der Waals surface area contributed by atoms with Gasteiger partial charge in [-0.2, -0.15) is 12.6 Å². The highest BCUT2D eigenvalue weighted by atomic mass is 35.5. The second-order valence-electron chi connectivity index (χ2n) is 10.6. The Morgan fingerprint density at radius 1 is 0.636 bits per heavy atom. The highest BCUT2D eigenvalue weighted by Gasteiger charge is 2.14. The molecular formula is C28H59ClN2OS. The maximum atomic E-state index is 12.0. The van der Waals surface area contributed by atoms with Crippen molar-refractivity contribution in [2.75, 3.05) is 39.5 Å². The predicted octanol–water partition coefficient (Wildman–Crippen LogP) is 4.93. The maximum Gasteiger partial charge on any atom is 0.219 e. The number of amides is 1. The van der Waals surface area contributed by atoms with Gasteiger partial charge >= 0.3 is 0 Å². The largest absolute Gasteiger partial charge is 1.00 e. The molecule has 0 saturated heterocycles. The number of nitrogens with zero attached hydrogens (tertiary/aromatic N) is 1. The molecule has 0 fully saturated rings. The SMILES string of the molecule is CCCCCCCCCCCC[N+](C)(C)CCCNC(=O)CCCCCCCCCCS.[Cl-]. The molecule has 0 aliphatic carbocycles. The van der Waals surface area contributed by atoms with E-state index in [0.29, 0.717) is 6.42 Å². The van der Waals surface area contributed by atoms with Crippen LogP contribution in [0.1, 0.15) is 135 Å². The van der Waals surface area contributed by atoms with Crippen molar-refractivity contribution in [2.24, 2.45) is 0 Å². The van der Waals surface area contributed by atoms with E-state index in [9.17, 15) is 4.79 Å². The summed E-state index contributed by atoms with van der Waals surface area (Å²) >= 11 is 4.25. The Morgan fingerprint density at radius 3 is 1.58 bits per heavy atom. The predicted molar refractivity (Wildman–Crippen MR) is 147 cm³/mol. The van der Waals surface area contributed by atoms with Crippen LogP contribution in [0.5, 0.6) is 0 Å². The third-order valence-electron chi connectivity index (χ3n) is 6.69. The molecule has 0 spiro atoms. The number of thiol groups is 1. The molecule has 0 aromatic rings. The number of carbonyl (C=O) groups is 1. The van der Waals surface area contributed by atoms with Gasteiger partial charge in [-0.05, 0) is 31.4 Å². The minimum Gasteiger partial charge on any atom is -1.00 e. The summed E-state index contributed by atoms with van der Waals surface area (Å²) in [5.74, 6) is 1.27. The van der Waals surface area contributed by atoms with Crippen LogP contribution in [0.15, 0.2) is 0 Å². The van der Waals surface area contributed by atoms with Gasteiger partial charge in [-0.3, -0.25) is 4.79 Å². The van der Waals surface area contributed by atoms with Crippen LogP contribution in [-0.2, 0) is 4.79 Å². The minimum absolute atomic E-state index is 0. The van der Waals surface area contributed by atoms with Crippen molar-refractivity contribution < 1.29 is 21.7 Å². The zero-order chi connectivity index (χ0) is 23.8. The molecule has 200 valence electrons. The van der Waals surface area contributed by atoms with Gasteiger partial charge in [0.05, 0.1) is 27.2 Å². The van der Waals surface area contributed by atoms with E-state index >= 15 is 0 Å². The molecule has 5 heteroatoms. The Bertz CT molecular complexity index is 407. The highest BCUT2D eigenvalue weighted by Crippen LogP contribution is 2.12. The standard InChI is InChI=1S/C28H58N2OS.ClH/c1-4-5-6-7-8-9-11-14-17-20-25-30(2,3)26-22-24-29-28(31)23-19-16-13-10-12-15-18-21-27-32;/h4-27H2,1-3H3,(H-,29,31,32);1H. The molecule has 0 unspecified atom stereocenters. The van der Waals surface area contributed by atoms with Crippen molar-refractivity contribution in [3.63, 3.8) is 0 Å². The molecule has 3 nitrogen and oxygen atoms in total. The molecule has 0 bridgehead atoms. The molecule has 0 rings (SSSR count). The third kappa shape index (κ3) is 28.2. The Balaban J connectivity index is 0. The number of rotatable bonds is 25. The van der Waals surface area contributed by atoms with Crippen LogP contribution in [0.3, 0.4) is 0 Å². The van der Waals surface area contributed by atoms with Crippen LogP contribution in [0.25, 0.3) is 0 Å². The summed E-state index contributed by atoms with van der Waals surface area (Å²) in [5, 5.41) is 3.13. The van der Waals surface area contributed by atoms with Gasteiger partial charge in [0.15, 0.2) is 0 Å². The molecule has 0 aromatic heterocycles. The van der Waals surface area contributed by atoms with Gasteiger partial charge in [-0.15, -0.1) is 0 Å². The smallest absolute Gasteiger partial charge is 0.219 e. The summed E-state index contributed by atoms with van der Waals surface area (Å²) in [7, 11) is 4.68. The van der Waals surface area contributed by atoms with Gasteiger partial charge in [0.2, 0.25) is 5.91 Å². The fourth-order valence-electron chi connectivity index (χ4n) is 4.42. The molecule has 0 saturated carbocycles. The van der Waals surface area contributed by atoms with E-state index in [4.69, 9.17) is 0 Å². The van der Waals surface area contributed by atoms with Crippen LogP contribution in [-0.4, -0.2) is 49.9 Å². The average Bonchev–Trinajstić information content (AvgIpc) is 2.77. The number of nitrogens with one attached hydrogen (secondary N) is 1. The Labute approximate surface area is 220 Å². The first-order chi connectivity index (χ1) is 15.5. The lowest BCUT2D eigenvalue weighted by atomic mass is 10.1. The quantitative estimate of drug-likeness (QED) is 0.102. The van der Waals surface area contributed by atoms with Crippen molar-refractivity contribution in [3.8, 4) is 0 Å². The van der Waals surface area contributed by atoms with Crippen LogP contribution in [0.4, 0.5) is 0 Å². The summed E-state index contributed by atoms with van der Waals surface area (Å²) in [6.07, 6.45) is 25.9. The number of hydrogen-bond donors (Lipinski definition) is 2. The second-order valence-corrected chi connectivity index (χ2v) is 11.0. The van der Waals surface area contributed by atoms with Crippen LogP contribution in [0.2, 0.25) is 0 Å². The lowest BCUT2D eigenvalue weighted by molar-refractivity contribution is -0.890. The van der Waals surface area contributed by atoms with Gasteiger partial charge in [0.1, 0.15) is 0 Å². The van der Waals surface area contributed by atoms with Crippen LogP contribution >= 0.6 is 12.6 Å². The van der Waals surface area contributed by atoms with Crippen LogP contribution < -0.4 is 17.7 Å². The normalized spacial score (nSPS) is 11.4. The molecule has 0 radical (unpaired) electrons. The highest BCUT2D eigenvalue weighted by molar-refractivity contribution is 7.80. The van der Waals surface area contributed by atoms with E-state index < -0.39 is 0 Å². The first-order valence-corrected chi connectivity index (χ1v) is 14.8. The molecule has 0 aliphatic heterocycles. The monoisotopic (exact) mass is 506 g/mol. The lowest BCUT2D eigenvalue weighted by Gasteiger charge is -2.30. The molecule has 1 N–H and O–H groups in total. The molecule has 0 atom stereocenters. The number of unbranched alkanes of at least 4 members (excludes halogenated alkanes) is 16. The van der Waals surface area contributed by atoms with Gasteiger partial charge < -0.3 is 22.2 Å². The Hall–Kier alpha value is 0.0700. The van der Waals surface area contributed by atoms with Crippen molar-refractivity contribution >= 4 is 18.5 Å². The number of quaternary nitrogens is 1. The fourth-order valence-corrected chi connectivity index (χ4v) is 4.64. The number of hydrogen-bond acceptors (Lipinski definition) is 2. The summed E-state index contributed by atoms with van der Waals surface area (Å²) < 4.78 is 1.08. The van der Waals surface area contributed by atoms with Gasteiger partial charge in [-0.25, -0.2) is 0 Å². The van der Waals surface area contributed by atoms with Crippen molar-refractivity contribution in [2.45, 2.75) is 135 Å². The van der Waals surface area contributed by atoms with Crippen molar-refractivity contribution in [3.05, 3.63) is 0 Å². The average molecular weight is 507 g/mol. The molecule has 0 heterocycles. The molecule has 0 aromatic carbocycles. The molecule has 0 aliphatic rings. The molecular weight excluding hydrogens is 448 g/mol. The summed E-state index contributed by atoms with van der Waals surface area (Å²) in [6, 6.07) is 0.